The molecule has 2 rings (SSSR count). The van der Waals surface area contributed by atoms with Gasteiger partial charge in [0.1, 0.15) is 6.33 Å². The molecule has 1 aromatic heterocycles. The lowest BCUT2D eigenvalue weighted by atomic mass is 10.0. The van der Waals surface area contributed by atoms with Gasteiger partial charge in [-0.3, -0.25) is 0 Å². The summed E-state index contributed by atoms with van der Waals surface area (Å²) in [6, 6.07) is 5.64. The maximum absolute atomic E-state index is 11.8. The molecule has 0 aliphatic carbocycles. The highest BCUT2D eigenvalue weighted by atomic mass is 35.5. The van der Waals surface area contributed by atoms with Gasteiger partial charge in [-0.2, -0.15) is 0 Å². The van der Waals surface area contributed by atoms with Gasteiger partial charge in [-0.05, 0) is 50.8 Å². The molecular weight excluding hydrogens is 335 g/mol. The summed E-state index contributed by atoms with van der Waals surface area (Å²) in [5, 5.41) is 1.12. The molecule has 6 heteroatoms. The van der Waals surface area contributed by atoms with E-state index in [4.69, 9.17) is 27.9 Å². The van der Waals surface area contributed by atoms with E-state index < -0.39 is 5.97 Å². The highest BCUT2D eigenvalue weighted by molar-refractivity contribution is 6.42. The summed E-state index contributed by atoms with van der Waals surface area (Å²) in [6.07, 6.45) is 3.90. The SMILES string of the molecule is CCOC(=O)c1ncnc(CCCc2ccc(Cl)c(Cl)c2)c1C. The Kier molecular flexibility index (Phi) is 6.37. The van der Waals surface area contributed by atoms with Crippen LogP contribution in [-0.2, 0) is 17.6 Å². The number of hydrogen-bond donors (Lipinski definition) is 0. The van der Waals surface area contributed by atoms with Gasteiger partial charge >= 0.3 is 5.97 Å². The van der Waals surface area contributed by atoms with Crippen LogP contribution >= 0.6 is 23.2 Å². The summed E-state index contributed by atoms with van der Waals surface area (Å²) in [5.41, 5.74) is 3.10. The van der Waals surface area contributed by atoms with Crippen molar-refractivity contribution >= 4 is 29.2 Å². The van der Waals surface area contributed by atoms with Crippen LogP contribution in [0.3, 0.4) is 0 Å². The van der Waals surface area contributed by atoms with Crippen LogP contribution in [-0.4, -0.2) is 22.5 Å². The minimum atomic E-state index is -0.405. The van der Waals surface area contributed by atoms with Gasteiger partial charge in [0.05, 0.1) is 16.7 Å². The highest BCUT2D eigenvalue weighted by Crippen LogP contribution is 2.23. The predicted octanol–water partition coefficient (Wildman–Crippen LogP) is 4.44. The molecule has 122 valence electrons. The molecule has 0 fully saturated rings. The molecule has 0 unspecified atom stereocenters. The lowest BCUT2D eigenvalue weighted by Gasteiger charge is -2.09. The van der Waals surface area contributed by atoms with E-state index >= 15 is 0 Å². The normalized spacial score (nSPS) is 10.6. The molecule has 0 radical (unpaired) electrons. The van der Waals surface area contributed by atoms with Crippen molar-refractivity contribution in [1.29, 1.82) is 0 Å². The maximum Gasteiger partial charge on any atom is 0.357 e. The summed E-state index contributed by atoms with van der Waals surface area (Å²) in [7, 11) is 0. The van der Waals surface area contributed by atoms with Crippen molar-refractivity contribution in [3.05, 3.63) is 57.1 Å². The third kappa shape index (κ3) is 4.66. The zero-order chi connectivity index (χ0) is 16.8. The van der Waals surface area contributed by atoms with Crippen LogP contribution in [0.15, 0.2) is 24.5 Å². The van der Waals surface area contributed by atoms with Crippen LogP contribution in [0, 0.1) is 6.92 Å². The largest absolute Gasteiger partial charge is 0.461 e. The van der Waals surface area contributed by atoms with E-state index in [1.165, 1.54) is 6.33 Å². The van der Waals surface area contributed by atoms with Crippen molar-refractivity contribution in [2.75, 3.05) is 6.61 Å². The Morgan fingerprint density at radius 1 is 1.17 bits per heavy atom. The number of rotatable bonds is 6. The summed E-state index contributed by atoms with van der Waals surface area (Å²) in [5.74, 6) is -0.405. The number of carbonyl (C=O) groups excluding carboxylic acids is 1. The fourth-order valence-corrected chi connectivity index (χ4v) is 2.62. The highest BCUT2D eigenvalue weighted by Gasteiger charge is 2.15. The van der Waals surface area contributed by atoms with E-state index in [2.05, 4.69) is 9.97 Å². The van der Waals surface area contributed by atoms with Gasteiger partial charge in [0.2, 0.25) is 0 Å². The molecule has 0 aliphatic heterocycles. The van der Waals surface area contributed by atoms with Gasteiger partial charge in [-0.1, -0.05) is 29.3 Å². The number of carbonyl (C=O) groups is 1. The first-order valence-electron chi connectivity index (χ1n) is 7.44. The Bertz CT molecular complexity index is 705. The number of aromatic nitrogens is 2. The first kappa shape index (κ1) is 17.7. The number of nitrogens with zero attached hydrogens (tertiary/aromatic N) is 2. The summed E-state index contributed by atoms with van der Waals surface area (Å²) in [4.78, 5) is 20.1. The molecule has 1 aromatic carbocycles. The number of ether oxygens (including phenoxy) is 1. The van der Waals surface area contributed by atoms with Crippen molar-refractivity contribution in [3.63, 3.8) is 0 Å². The van der Waals surface area contributed by atoms with Crippen molar-refractivity contribution in [3.8, 4) is 0 Å². The topological polar surface area (TPSA) is 52.1 Å². The van der Waals surface area contributed by atoms with Gasteiger partial charge in [-0.15, -0.1) is 0 Å². The van der Waals surface area contributed by atoms with Crippen molar-refractivity contribution in [1.82, 2.24) is 9.97 Å². The quantitative estimate of drug-likeness (QED) is 0.721. The van der Waals surface area contributed by atoms with Gasteiger partial charge in [0.25, 0.3) is 0 Å². The van der Waals surface area contributed by atoms with Crippen LogP contribution in [0.1, 0.15) is 40.7 Å². The minimum Gasteiger partial charge on any atom is -0.461 e. The van der Waals surface area contributed by atoms with E-state index in [0.29, 0.717) is 22.3 Å². The zero-order valence-corrected chi connectivity index (χ0v) is 14.6. The zero-order valence-electron chi connectivity index (χ0n) is 13.1. The fraction of sp³-hybridized carbons (Fsp3) is 0.353. The number of benzene rings is 1. The molecule has 23 heavy (non-hydrogen) atoms. The first-order chi connectivity index (χ1) is 11.0. The smallest absolute Gasteiger partial charge is 0.357 e. The molecule has 0 aliphatic rings. The molecule has 0 bridgehead atoms. The molecule has 0 saturated carbocycles. The van der Waals surface area contributed by atoms with Gasteiger partial charge in [0, 0.05) is 11.3 Å². The van der Waals surface area contributed by atoms with E-state index in [9.17, 15) is 4.79 Å². The van der Waals surface area contributed by atoms with Crippen LogP contribution in [0.5, 0.6) is 0 Å². The fourth-order valence-electron chi connectivity index (χ4n) is 2.30. The molecule has 1 heterocycles. The third-order valence-electron chi connectivity index (χ3n) is 3.52. The van der Waals surface area contributed by atoms with E-state index in [-0.39, 0.29) is 0 Å². The number of hydrogen-bond acceptors (Lipinski definition) is 4. The lowest BCUT2D eigenvalue weighted by molar-refractivity contribution is 0.0518. The molecule has 0 spiro atoms. The molecule has 0 saturated heterocycles. The van der Waals surface area contributed by atoms with Gasteiger partial charge < -0.3 is 4.74 Å². The summed E-state index contributed by atoms with van der Waals surface area (Å²) < 4.78 is 5.01. The van der Waals surface area contributed by atoms with Crippen LogP contribution in [0.25, 0.3) is 0 Å². The summed E-state index contributed by atoms with van der Waals surface area (Å²) >= 11 is 11.9. The predicted molar refractivity (Wildman–Crippen MR) is 91.2 cm³/mol. The Labute approximate surface area is 145 Å². The Balaban J connectivity index is 2.01. The average Bonchev–Trinajstić information content (AvgIpc) is 2.52. The molecule has 0 N–H and O–H groups in total. The van der Waals surface area contributed by atoms with Gasteiger partial charge in [-0.25, -0.2) is 14.8 Å². The Morgan fingerprint density at radius 3 is 2.65 bits per heavy atom. The minimum absolute atomic E-state index is 0.328. The van der Waals surface area contributed by atoms with Crippen molar-refractivity contribution in [2.24, 2.45) is 0 Å². The van der Waals surface area contributed by atoms with Crippen molar-refractivity contribution in [2.45, 2.75) is 33.1 Å². The molecule has 2 aromatic rings. The van der Waals surface area contributed by atoms with Crippen LogP contribution < -0.4 is 0 Å². The molecule has 0 amide bonds. The van der Waals surface area contributed by atoms with Crippen LogP contribution in [0.2, 0.25) is 10.0 Å². The van der Waals surface area contributed by atoms with E-state index in [1.54, 1.807) is 13.0 Å². The second-order valence-electron chi connectivity index (χ2n) is 5.12. The molecular formula is C17H18Cl2N2O2. The molecule has 0 atom stereocenters. The standard InChI is InChI=1S/C17H18Cl2N2O2/c1-3-23-17(22)16-11(2)15(20-10-21-16)6-4-5-12-7-8-13(18)14(19)9-12/h7-10H,3-6H2,1-2H3. The number of esters is 1. The monoisotopic (exact) mass is 352 g/mol. The second-order valence-corrected chi connectivity index (χ2v) is 5.93. The Morgan fingerprint density at radius 2 is 1.96 bits per heavy atom. The number of aryl methyl sites for hydroxylation is 2. The first-order valence-corrected chi connectivity index (χ1v) is 8.20. The van der Waals surface area contributed by atoms with Gasteiger partial charge in [0.15, 0.2) is 5.69 Å². The van der Waals surface area contributed by atoms with E-state index in [1.807, 2.05) is 19.1 Å². The summed E-state index contributed by atoms with van der Waals surface area (Å²) in [6.45, 7) is 3.95. The third-order valence-corrected chi connectivity index (χ3v) is 4.26. The van der Waals surface area contributed by atoms with E-state index in [0.717, 1.165) is 36.1 Å². The average molecular weight is 353 g/mol. The van der Waals surface area contributed by atoms with Crippen LogP contribution in [0.4, 0.5) is 0 Å². The molecule has 4 nitrogen and oxygen atoms in total. The Hall–Kier alpha value is -1.65. The number of halogens is 2. The maximum atomic E-state index is 11.8. The van der Waals surface area contributed by atoms with Crippen molar-refractivity contribution < 1.29 is 9.53 Å². The second kappa shape index (κ2) is 8.27. The lowest BCUT2D eigenvalue weighted by Crippen LogP contribution is -2.12.